The van der Waals surface area contributed by atoms with Crippen molar-refractivity contribution in [2.45, 2.75) is 0 Å². The Labute approximate surface area is 80.9 Å². The molecule has 1 aromatic rings. The Morgan fingerprint density at radius 1 is 1.57 bits per heavy atom. The van der Waals surface area contributed by atoms with Gasteiger partial charge in [-0.2, -0.15) is 0 Å². The van der Waals surface area contributed by atoms with Crippen LogP contribution in [0.15, 0.2) is 12.1 Å². The Kier molecular flexibility index (Phi) is 2.91. The molecule has 0 heterocycles. The van der Waals surface area contributed by atoms with Crippen LogP contribution in [0.25, 0.3) is 0 Å². The van der Waals surface area contributed by atoms with Crippen molar-refractivity contribution in [2.75, 3.05) is 25.2 Å². The van der Waals surface area contributed by atoms with Gasteiger partial charge in [0.15, 0.2) is 0 Å². The summed E-state index contributed by atoms with van der Waals surface area (Å²) in [7, 11) is 2.80. The maximum atomic E-state index is 13.3. The summed E-state index contributed by atoms with van der Waals surface area (Å²) in [5.74, 6) is -1.40. The molecule has 0 atom stereocenters. The standard InChI is InChI=1S/C9H11FN2O2/c1-12-8-4-6(10)5(3-7(8)11)9(13)14-2/h3-4,12H,11H2,1-2H3. The zero-order valence-electron chi connectivity index (χ0n) is 7.93. The van der Waals surface area contributed by atoms with Crippen molar-refractivity contribution in [3.05, 3.63) is 23.5 Å². The van der Waals surface area contributed by atoms with Crippen LogP contribution in [0, 0.1) is 5.82 Å². The largest absolute Gasteiger partial charge is 0.465 e. The molecule has 0 aliphatic rings. The van der Waals surface area contributed by atoms with Crippen molar-refractivity contribution in [3.8, 4) is 0 Å². The Morgan fingerprint density at radius 2 is 2.21 bits per heavy atom. The molecule has 76 valence electrons. The fourth-order valence-electron chi connectivity index (χ4n) is 1.07. The Hall–Kier alpha value is -1.78. The molecular formula is C9H11FN2O2. The zero-order valence-corrected chi connectivity index (χ0v) is 7.93. The molecule has 0 amide bonds. The third kappa shape index (κ3) is 1.76. The van der Waals surface area contributed by atoms with E-state index in [1.807, 2.05) is 0 Å². The summed E-state index contributed by atoms with van der Waals surface area (Å²) in [6.45, 7) is 0. The number of halogens is 1. The minimum atomic E-state index is -0.739. The van der Waals surface area contributed by atoms with Crippen molar-refractivity contribution in [3.63, 3.8) is 0 Å². The van der Waals surface area contributed by atoms with Gasteiger partial charge in [0.1, 0.15) is 5.82 Å². The van der Waals surface area contributed by atoms with Gasteiger partial charge in [-0.25, -0.2) is 9.18 Å². The van der Waals surface area contributed by atoms with Gasteiger partial charge in [0, 0.05) is 7.05 Å². The summed E-state index contributed by atoms with van der Waals surface area (Å²) in [6.07, 6.45) is 0. The molecule has 0 bridgehead atoms. The molecule has 0 spiro atoms. The van der Waals surface area contributed by atoms with Gasteiger partial charge in [-0.05, 0) is 12.1 Å². The summed E-state index contributed by atoms with van der Waals surface area (Å²) < 4.78 is 17.6. The van der Waals surface area contributed by atoms with Gasteiger partial charge >= 0.3 is 5.97 Å². The second kappa shape index (κ2) is 3.95. The summed E-state index contributed by atoms with van der Waals surface area (Å²) in [4.78, 5) is 11.0. The number of carbonyl (C=O) groups excluding carboxylic acids is 1. The lowest BCUT2D eigenvalue weighted by Gasteiger charge is -2.07. The molecule has 0 fully saturated rings. The van der Waals surface area contributed by atoms with E-state index in [-0.39, 0.29) is 5.56 Å². The minimum Gasteiger partial charge on any atom is -0.465 e. The smallest absolute Gasteiger partial charge is 0.340 e. The summed E-state index contributed by atoms with van der Waals surface area (Å²) >= 11 is 0. The fraction of sp³-hybridized carbons (Fsp3) is 0.222. The molecule has 5 heteroatoms. The van der Waals surface area contributed by atoms with E-state index in [1.54, 1.807) is 7.05 Å². The van der Waals surface area contributed by atoms with Crippen molar-refractivity contribution in [2.24, 2.45) is 0 Å². The summed E-state index contributed by atoms with van der Waals surface area (Å²) in [5.41, 5.74) is 6.13. The lowest BCUT2D eigenvalue weighted by Crippen LogP contribution is -2.07. The second-order valence-electron chi connectivity index (χ2n) is 2.66. The van der Waals surface area contributed by atoms with E-state index in [2.05, 4.69) is 10.1 Å². The highest BCUT2D eigenvalue weighted by Gasteiger charge is 2.14. The van der Waals surface area contributed by atoms with E-state index in [0.717, 1.165) is 6.07 Å². The number of ether oxygens (including phenoxy) is 1. The van der Waals surface area contributed by atoms with Crippen LogP contribution < -0.4 is 11.1 Å². The second-order valence-corrected chi connectivity index (χ2v) is 2.66. The number of carbonyl (C=O) groups is 1. The van der Waals surface area contributed by atoms with Crippen molar-refractivity contribution in [1.29, 1.82) is 0 Å². The number of nitrogens with one attached hydrogen (secondary N) is 1. The number of rotatable bonds is 2. The van der Waals surface area contributed by atoms with Gasteiger partial charge in [0.05, 0.1) is 24.0 Å². The van der Waals surface area contributed by atoms with Crippen molar-refractivity contribution >= 4 is 17.3 Å². The molecule has 0 radical (unpaired) electrons. The van der Waals surface area contributed by atoms with Gasteiger partial charge in [-0.1, -0.05) is 0 Å². The molecule has 14 heavy (non-hydrogen) atoms. The average Bonchev–Trinajstić information content (AvgIpc) is 2.19. The molecule has 0 aliphatic heterocycles. The number of nitrogen functional groups attached to an aromatic ring is 1. The Balaban J connectivity index is 3.21. The third-order valence-corrected chi connectivity index (χ3v) is 1.81. The lowest BCUT2D eigenvalue weighted by molar-refractivity contribution is 0.0595. The first-order valence-electron chi connectivity index (χ1n) is 3.95. The third-order valence-electron chi connectivity index (χ3n) is 1.81. The van der Waals surface area contributed by atoms with E-state index in [4.69, 9.17) is 5.73 Å². The van der Waals surface area contributed by atoms with Crippen LogP contribution in [0.4, 0.5) is 15.8 Å². The molecule has 0 unspecified atom stereocenters. The Morgan fingerprint density at radius 3 is 2.71 bits per heavy atom. The van der Waals surface area contributed by atoms with Crippen LogP contribution in [0.2, 0.25) is 0 Å². The monoisotopic (exact) mass is 198 g/mol. The molecular weight excluding hydrogens is 187 g/mol. The molecule has 0 saturated carbocycles. The first-order chi connectivity index (χ1) is 6.60. The van der Waals surface area contributed by atoms with E-state index >= 15 is 0 Å². The van der Waals surface area contributed by atoms with Crippen LogP contribution in [0.1, 0.15) is 10.4 Å². The lowest BCUT2D eigenvalue weighted by atomic mass is 10.1. The fourth-order valence-corrected chi connectivity index (χ4v) is 1.07. The van der Waals surface area contributed by atoms with Gasteiger partial charge in [-0.15, -0.1) is 0 Å². The molecule has 0 aliphatic carbocycles. The minimum absolute atomic E-state index is 0.163. The van der Waals surface area contributed by atoms with Crippen LogP contribution in [-0.4, -0.2) is 20.1 Å². The van der Waals surface area contributed by atoms with E-state index in [0.29, 0.717) is 11.4 Å². The highest BCUT2D eigenvalue weighted by molar-refractivity contribution is 5.92. The molecule has 1 rings (SSSR count). The van der Waals surface area contributed by atoms with Gasteiger partial charge in [0.25, 0.3) is 0 Å². The number of hydrogen-bond acceptors (Lipinski definition) is 4. The van der Waals surface area contributed by atoms with Gasteiger partial charge in [0.2, 0.25) is 0 Å². The number of esters is 1. The van der Waals surface area contributed by atoms with Gasteiger partial charge < -0.3 is 15.8 Å². The topological polar surface area (TPSA) is 64.3 Å². The highest BCUT2D eigenvalue weighted by atomic mass is 19.1. The number of nitrogens with two attached hydrogens (primary N) is 1. The average molecular weight is 198 g/mol. The first kappa shape index (κ1) is 10.3. The van der Waals surface area contributed by atoms with Crippen LogP contribution in [0.3, 0.4) is 0 Å². The first-order valence-corrected chi connectivity index (χ1v) is 3.95. The van der Waals surface area contributed by atoms with Crippen LogP contribution in [0.5, 0.6) is 0 Å². The number of hydrogen-bond donors (Lipinski definition) is 2. The molecule has 1 aromatic carbocycles. The summed E-state index contributed by atoms with van der Waals surface area (Å²) in [6, 6.07) is 2.40. The van der Waals surface area contributed by atoms with E-state index in [9.17, 15) is 9.18 Å². The predicted molar refractivity (Wildman–Crippen MR) is 51.7 cm³/mol. The molecule has 4 nitrogen and oxygen atoms in total. The quantitative estimate of drug-likeness (QED) is 0.554. The van der Waals surface area contributed by atoms with Crippen LogP contribution >= 0.6 is 0 Å². The Bertz CT molecular complexity index is 366. The molecule has 0 aromatic heterocycles. The zero-order chi connectivity index (χ0) is 10.7. The number of anilines is 2. The van der Waals surface area contributed by atoms with Crippen molar-refractivity contribution < 1.29 is 13.9 Å². The maximum absolute atomic E-state index is 13.3. The molecule has 0 saturated heterocycles. The van der Waals surface area contributed by atoms with Crippen molar-refractivity contribution in [1.82, 2.24) is 0 Å². The van der Waals surface area contributed by atoms with Gasteiger partial charge in [-0.3, -0.25) is 0 Å². The van der Waals surface area contributed by atoms with Crippen LogP contribution in [-0.2, 0) is 4.74 Å². The number of methoxy groups -OCH3 is 1. The predicted octanol–water partition coefficient (Wildman–Crippen LogP) is 1.24. The maximum Gasteiger partial charge on any atom is 0.340 e. The highest BCUT2D eigenvalue weighted by Crippen LogP contribution is 2.22. The summed E-state index contributed by atoms with van der Waals surface area (Å²) in [5, 5.41) is 2.70. The molecule has 3 N–H and O–H groups in total. The SMILES string of the molecule is CNc1cc(F)c(C(=O)OC)cc1N. The van der Waals surface area contributed by atoms with E-state index in [1.165, 1.54) is 13.2 Å². The van der Waals surface area contributed by atoms with E-state index < -0.39 is 11.8 Å². The number of benzene rings is 1. The normalized spacial score (nSPS) is 9.64.